The molecule has 0 aliphatic rings. The molecule has 7 heteroatoms. The molecule has 0 unspecified atom stereocenters. The highest BCUT2D eigenvalue weighted by atomic mass is 35.5. The largest absolute Gasteiger partial charge is 0.371 e. The fourth-order valence-corrected chi connectivity index (χ4v) is 3.65. The smallest absolute Gasteiger partial charge is 0.360 e. The number of halogens is 2. The maximum atomic E-state index is 14.5. The second-order valence-electron chi connectivity index (χ2n) is 7.54. The van der Waals surface area contributed by atoms with Crippen molar-refractivity contribution in [1.82, 2.24) is 5.16 Å². The van der Waals surface area contributed by atoms with Crippen molar-refractivity contribution >= 4 is 23.3 Å². The van der Waals surface area contributed by atoms with Crippen LogP contribution in [0, 0.1) is 26.6 Å². The first-order valence-electron chi connectivity index (χ1n) is 10.2. The predicted octanol–water partition coefficient (Wildman–Crippen LogP) is 6.67. The van der Waals surface area contributed by atoms with Gasteiger partial charge in [0.05, 0.1) is 10.6 Å². The van der Waals surface area contributed by atoms with Crippen LogP contribution in [0.3, 0.4) is 0 Å². The lowest BCUT2D eigenvalue weighted by atomic mass is 9.99. The zero-order valence-electron chi connectivity index (χ0n) is 18.2. The van der Waals surface area contributed by atoms with Gasteiger partial charge in [-0.3, -0.25) is 0 Å². The van der Waals surface area contributed by atoms with Crippen LogP contribution >= 0.6 is 11.6 Å². The summed E-state index contributed by atoms with van der Waals surface area (Å²) < 4.78 is 19.6. The lowest BCUT2D eigenvalue weighted by Gasteiger charge is -2.09. The lowest BCUT2D eigenvalue weighted by Crippen LogP contribution is -2.09. The van der Waals surface area contributed by atoms with Crippen LogP contribution in [0.4, 0.5) is 4.39 Å². The molecule has 0 spiro atoms. The molecule has 0 aliphatic carbocycles. The average molecular weight is 463 g/mol. The molecule has 0 fully saturated rings. The van der Waals surface area contributed by atoms with Crippen molar-refractivity contribution in [1.29, 1.82) is 0 Å². The molecule has 3 aromatic carbocycles. The summed E-state index contributed by atoms with van der Waals surface area (Å²) in [6.07, 6.45) is 0. The fourth-order valence-electron chi connectivity index (χ4n) is 3.40. The summed E-state index contributed by atoms with van der Waals surface area (Å²) in [6, 6.07) is 19.4. The third-order valence-corrected chi connectivity index (χ3v) is 5.63. The van der Waals surface area contributed by atoms with Crippen LogP contribution in [0.15, 0.2) is 76.4 Å². The molecular weight excluding hydrogens is 443 g/mol. The molecule has 0 aliphatic heterocycles. The molecule has 0 saturated heterocycles. The number of nitrogens with zero attached hydrogens (tertiary/aromatic N) is 2. The van der Waals surface area contributed by atoms with Gasteiger partial charge >= 0.3 is 5.97 Å². The third kappa shape index (κ3) is 4.56. The van der Waals surface area contributed by atoms with E-state index >= 15 is 0 Å². The third-order valence-electron chi connectivity index (χ3n) is 5.31. The van der Waals surface area contributed by atoms with Crippen molar-refractivity contribution in [2.24, 2.45) is 5.16 Å². The van der Waals surface area contributed by atoms with Crippen molar-refractivity contribution in [3.63, 3.8) is 0 Å². The van der Waals surface area contributed by atoms with Gasteiger partial charge in [-0.1, -0.05) is 70.4 Å². The number of aryl methyl sites for hydroxylation is 3. The van der Waals surface area contributed by atoms with Gasteiger partial charge in [-0.15, -0.1) is 0 Å². The molecule has 1 aromatic heterocycles. The molecule has 0 saturated carbocycles. The Kier molecular flexibility index (Phi) is 6.38. The van der Waals surface area contributed by atoms with E-state index in [4.69, 9.17) is 21.0 Å². The lowest BCUT2D eigenvalue weighted by molar-refractivity contribution is 0.0516. The van der Waals surface area contributed by atoms with E-state index in [2.05, 4.69) is 10.3 Å². The number of carbonyl (C=O) groups is 1. The average Bonchev–Trinajstić information content (AvgIpc) is 3.17. The number of carbonyl (C=O) groups excluding carboxylic acids is 1. The van der Waals surface area contributed by atoms with E-state index in [1.54, 1.807) is 0 Å². The Labute approximate surface area is 195 Å². The molecule has 0 atom stereocenters. The Bertz CT molecular complexity index is 1340. The van der Waals surface area contributed by atoms with Gasteiger partial charge in [-0.25, -0.2) is 9.18 Å². The normalized spacial score (nSPS) is 11.5. The number of rotatable bonds is 5. The van der Waals surface area contributed by atoms with Gasteiger partial charge in [0.25, 0.3) is 0 Å². The maximum absolute atomic E-state index is 14.5. The number of oxime groups is 1. The standard InChI is InChI=1S/C26H20ClFN2O3/c1-15-12-13-19(14-16(15)2)24(18-8-5-4-6-9-18)29-33-26(31)22-17(3)32-30-25(22)23-20(27)10-7-11-21(23)28/h4-14H,1-3H3. The number of hydrogen-bond donors (Lipinski definition) is 0. The fraction of sp³-hybridized carbons (Fsp3) is 0.115. The van der Waals surface area contributed by atoms with Gasteiger partial charge in [-0.05, 0) is 50.1 Å². The highest BCUT2D eigenvalue weighted by molar-refractivity contribution is 6.33. The predicted molar refractivity (Wildman–Crippen MR) is 125 cm³/mol. The monoisotopic (exact) mass is 462 g/mol. The summed E-state index contributed by atoms with van der Waals surface area (Å²) in [6.45, 7) is 5.55. The van der Waals surface area contributed by atoms with Crippen molar-refractivity contribution in [2.75, 3.05) is 0 Å². The molecule has 4 rings (SSSR count). The number of benzene rings is 3. The highest BCUT2D eigenvalue weighted by Gasteiger charge is 2.27. The second kappa shape index (κ2) is 9.38. The summed E-state index contributed by atoms with van der Waals surface area (Å²) in [5.74, 6) is -1.30. The van der Waals surface area contributed by atoms with E-state index in [-0.39, 0.29) is 27.6 Å². The van der Waals surface area contributed by atoms with Crippen LogP contribution in [-0.2, 0) is 4.84 Å². The summed E-state index contributed by atoms with van der Waals surface area (Å²) in [5, 5.41) is 8.13. The minimum absolute atomic E-state index is 0.0376. The molecule has 0 N–H and O–H groups in total. The van der Waals surface area contributed by atoms with E-state index < -0.39 is 11.8 Å². The van der Waals surface area contributed by atoms with Crippen LogP contribution in [0.1, 0.15) is 38.4 Å². The van der Waals surface area contributed by atoms with Crippen molar-refractivity contribution in [2.45, 2.75) is 20.8 Å². The topological polar surface area (TPSA) is 64.7 Å². The second-order valence-corrected chi connectivity index (χ2v) is 7.95. The maximum Gasteiger partial charge on any atom is 0.371 e. The Balaban J connectivity index is 1.75. The molecule has 4 aromatic rings. The molecule has 166 valence electrons. The first kappa shape index (κ1) is 22.4. The van der Waals surface area contributed by atoms with Crippen LogP contribution in [0.25, 0.3) is 11.3 Å². The molecule has 0 radical (unpaired) electrons. The Morgan fingerprint density at radius 1 is 0.970 bits per heavy atom. The zero-order valence-corrected chi connectivity index (χ0v) is 19.0. The van der Waals surface area contributed by atoms with E-state index in [1.807, 2.05) is 62.4 Å². The summed E-state index contributed by atoms with van der Waals surface area (Å²) >= 11 is 6.16. The molecule has 0 amide bonds. The highest BCUT2D eigenvalue weighted by Crippen LogP contribution is 2.33. The van der Waals surface area contributed by atoms with Gasteiger partial charge in [0.15, 0.2) is 0 Å². The van der Waals surface area contributed by atoms with Gasteiger partial charge in [0.1, 0.15) is 28.5 Å². The van der Waals surface area contributed by atoms with E-state index in [9.17, 15) is 9.18 Å². The number of hydrogen-bond acceptors (Lipinski definition) is 5. The summed E-state index contributed by atoms with van der Waals surface area (Å²) in [7, 11) is 0. The summed E-state index contributed by atoms with van der Waals surface area (Å²) in [5.41, 5.74) is 4.13. The van der Waals surface area contributed by atoms with Crippen LogP contribution in [0.2, 0.25) is 5.02 Å². The Morgan fingerprint density at radius 2 is 1.73 bits per heavy atom. The Morgan fingerprint density at radius 3 is 2.42 bits per heavy atom. The number of aromatic nitrogens is 1. The van der Waals surface area contributed by atoms with Gasteiger partial charge in [-0.2, -0.15) is 0 Å². The van der Waals surface area contributed by atoms with Gasteiger partial charge in [0.2, 0.25) is 0 Å². The van der Waals surface area contributed by atoms with E-state index in [0.29, 0.717) is 5.71 Å². The van der Waals surface area contributed by atoms with Crippen molar-refractivity contribution < 1.29 is 18.5 Å². The molecule has 5 nitrogen and oxygen atoms in total. The Hall–Kier alpha value is -3.77. The first-order valence-corrected chi connectivity index (χ1v) is 10.6. The van der Waals surface area contributed by atoms with Crippen molar-refractivity contribution in [3.8, 4) is 11.3 Å². The van der Waals surface area contributed by atoms with E-state index in [1.165, 1.54) is 25.1 Å². The quantitative estimate of drug-likeness (QED) is 0.189. The molecule has 1 heterocycles. The van der Waals surface area contributed by atoms with E-state index in [0.717, 1.165) is 22.3 Å². The minimum atomic E-state index is -0.833. The van der Waals surface area contributed by atoms with Gasteiger partial charge < -0.3 is 9.36 Å². The van der Waals surface area contributed by atoms with Crippen molar-refractivity contribution in [3.05, 3.63) is 111 Å². The minimum Gasteiger partial charge on any atom is -0.360 e. The molecule has 0 bridgehead atoms. The first-order chi connectivity index (χ1) is 15.9. The van der Waals surface area contributed by atoms with Crippen LogP contribution < -0.4 is 0 Å². The summed E-state index contributed by atoms with van der Waals surface area (Å²) in [4.78, 5) is 18.4. The van der Waals surface area contributed by atoms with Crippen LogP contribution in [-0.4, -0.2) is 16.8 Å². The van der Waals surface area contributed by atoms with Gasteiger partial charge in [0, 0.05) is 11.1 Å². The zero-order chi connectivity index (χ0) is 23.5. The SMILES string of the molecule is Cc1ccc(C(=NOC(=O)c2c(-c3c(F)cccc3Cl)noc2C)c2ccccc2)cc1C. The van der Waals surface area contributed by atoms with Crippen LogP contribution in [0.5, 0.6) is 0 Å². The molecular formula is C26H20ClFN2O3. The molecule has 33 heavy (non-hydrogen) atoms.